The van der Waals surface area contributed by atoms with Crippen molar-refractivity contribution >= 4 is 17.2 Å². The molecule has 2 aliphatic carbocycles. The Morgan fingerprint density at radius 1 is 0.806 bits per heavy atom. The normalized spacial score (nSPS) is 18.1. The van der Waals surface area contributed by atoms with Gasteiger partial charge in [0.05, 0.1) is 12.2 Å². The van der Waals surface area contributed by atoms with E-state index in [0.29, 0.717) is 5.75 Å². The van der Waals surface area contributed by atoms with Gasteiger partial charge in [0, 0.05) is 0 Å². The summed E-state index contributed by atoms with van der Waals surface area (Å²) in [7, 11) is -3.94. The van der Waals surface area contributed by atoms with Gasteiger partial charge in [0.2, 0.25) is 0 Å². The van der Waals surface area contributed by atoms with E-state index in [2.05, 4.69) is 6.92 Å². The number of hydrogen-bond donors (Lipinski definition) is 3. The third-order valence-electron chi connectivity index (χ3n) is 5.79. The molecule has 0 aliphatic heterocycles. The SMILES string of the molecule is CCCCCc1ccccc1OP(O)O.OP(OC1CCCCC1)OC1CCCCC1. The van der Waals surface area contributed by atoms with Crippen molar-refractivity contribution in [2.24, 2.45) is 0 Å². The van der Waals surface area contributed by atoms with Crippen LogP contribution in [0.4, 0.5) is 0 Å². The second-order valence-corrected chi connectivity index (χ2v) is 9.96. The van der Waals surface area contributed by atoms with Crippen LogP contribution in [-0.2, 0) is 15.5 Å². The number of benzene rings is 1. The van der Waals surface area contributed by atoms with Crippen LogP contribution in [0.25, 0.3) is 0 Å². The summed E-state index contributed by atoms with van der Waals surface area (Å²) in [6, 6.07) is 7.50. The molecule has 0 unspecified atom stereocenters. The Kier molecular flexibility index (Phi) is 14.2. The predicted molar refractivity (Wildman–Crippen MR) is 127 cm³/mol. The van der Waals surface area contributed by atoms with Gasteiger partial charge in [-0.05, 0) is 50.2 Å². The highest BCUT2D eigenvalue weighted by atomic mass is 31.2. The lowest BCUT2D eigenvalue weighted by molar-refractivity contribution is 0.0770. The second-order valence-electron chi connectivity index (χ2n) is 8.38. The van der Waals surface area contributed by atoms with E-state index in [9.17, 15) is 4.89 Å². The first kappa shape index (κ1) is 26.9. The number of para-hydroxylation sites is 1. The zero-order chi connectivity index (χ0) is 22.3. The smallest absolute Gasteiger partial charge is 0.391 e. The van der Waals surface area contributed by atoms with Gasteiger partial charge in [0.25, 0.3) is 0 Å². The molecular formula is C23H40O6P2. The molecule has 0 radical (unpaired) electrons. The quantitative estimate of drug-likeness (QED) is 0.252. The Balaban J connectivity index is 0.000000221. The van der Waals surface area contributed by atoms with Gasteiger partial charge in [-0.3, -0.25) is 0 Å². The molecule has 0 aromatic heterocycles. The molecule has 1 aromatic carbocycles. The van der Waals surface area contributed by atoms with E-state index in [1.807, 2.05) is 18.2 Å². The first-order valence-electron chi connectivity index (χ1n) is 11.8. The standard InChI is InChI=1S/C12H23O3P.C11H17O3P/c13-16(14-11-7-3-1-4-8-11)15-12-9-5-2-6-10-12;1-2-3-4-7-10-8-5-6-9-11(10)14-15(12)13/h11-13H,1-10H2;5-6,8-9,12-13H,2-4,7H2,1H3. The summed E-state index contributed by atoms with van der Waals surface area (Å²) in [6.45, 7) is 2.16. The number of hydrogen-bond acceptors (Lipinski definition) is 6. The monoisotopic (exact) mass is 474 g/mol. The Morgan fingerprint density at radius 3 is 1.87 bits per heavy atom. The maximum Gasteiger partial charge on any atom is 0.391 e. The molecular weight excluding hydrogens is 434 g/mol. The molecule has 3 N–H and O–H groups in total. The van der Waals surface area contributed by atoms with Crippen molar-refractivity contribution < 1.29 is 28.3 Å². The van der Waals surface area contributed by atoms with Crippen LogP contribution < -0.4 is 4.52 Å². The van der Waals surface area contributed by atoms with E-state index in [1.54, 1.807) is 6.07 Å². The highest BCUT2D eigenvalue weighted by Crippen LogP contribution is 2.41. The summed E-state index contributed by atoms with van der Waals surface area (Å²) in [6.07, 6.45) is 16.8. The van der Waals surface area contributed by atoms with Crippen LogP contribution >= 0.6 is 17.2 Å². The van der Waals surface area contributed by atoms with E-state index in [1.165, 1.54) is 51.4 Å². The van der Waals surface area contributed by atoms with E-state index >= 15 is 0 Å². The highest BCUT2D eigenvalue weighted by molar-refractivity contribution is 7.40. The lowest BCUT2D eigenvalue weighted by atomic mass is 9.98. The zero-order valence-corrected chi connectivity index (χ0v) is 20.6. The van der Waals surface area contributed by atoms with Crippen molar-refractivity contribution in [1.29, 1.82) is 0 Å². The summed E-state index contributed by atoms with van der Waals surface area (Å²) >= 11 is 0. The first-order chi connectivity index (χ1) is 15.1. The van der Waals surface area contributed by atoms with Gasteiger partial charge in [-0.25, -0.2) is 0 Å². The average Bonchev–Trinajstić information content (AvgIpc) is 2.76. The Bertz CT molecular complexity index is 557. The topological polar surface area (TPSA) is 88.4 Å². The Hall–Kier alpha value is -0.320. The third kappa shape index (κ3) is 11.9. The average molecular weight is 475 g/mol. The Labute approximate surface area is 190 Å². The first-order valence-corrected chi connectivity index (χ1v) is 14.1. The van der Waals surface area contributed by atoms with Crippen molar-refractivity contribution in [3.63, 3.8) is 0 Å². The van der Waals surface area contributed by atoms with Crippen LogP contribution in [0.3, 0.4) is 0 Å². The molecule has 2 saturated carbocycles. The van der Waals surface area contributed by atoms with Crippen LogP contribution in [0.5, 0.6) is 5.75 Å². The van der Waals surface area contributed by atoms with E-state index < -0.39 is 17.2 Å². The van der Waals surface area contributed by atoms with Crippen LogP contribution in [0, 0.1) is 0 Å². The van der Waals surface area contributed by atoms with Gasteiger partial charge >= 0.3 is 17.2 Å². The number of aryl methyl sites for hydroxylation is 1. The molecule has 178 valence electrons. The van der Waals surface area contributed by atoms with Crippen molar-refractivity contribution in [2.45, 2.75) is 109 Å². The van der Waals surface area contributed by atoms with Crippen LogP contribution in [0.15, 0.2) is 24.3 Å². The van der Waals surface area contributed by atoms with Crippen LogP contribution in [0.2, 0.25) is 0 Å². The van der Waals surface area contributed by atoms with Crippen molar-refractivity contribution in [2.75, 3.05) is 0 Å². The minimum absolute atomic E-state index is 0.244. The molecule has 31 heavy (non-hydrogen) atoms. The fraction of sp³-hybridized carbons (Fsp3) is 0.739. The van der Waals surface area contributed by atoms with Gasteiger partial charge < -0.3 is 28.3 Å². The van der Waals surface area contributed by atoms with E-state index in [0.717, 1.165) is 44.1 Å². The third-order valence-corrected chi connectivity index (χ3v) is 7.10. The summed E-state index contributed by atoms with van der Waals surface area (Å²) in [5.74, 6) is 0.588. The van der Waals surface area contributed by atoms with Crippen LogP contribution in [-0.4, -0.2) is 26.9 Å². The zero-order valence-electron chi connectivity index (χ0n) is 18.8. The molecule has 6 nitrogen and oxygen atoms in total. The van der Waals surface area contributed by atoms with Gasteiger partial charge in [-0.1, -0.05) is 76.5 Å². The predicted octanol–water partition coefficient (Wildman–Crippen LogP) is 6.91. The molecule has 1 aromatic rings. The second kappa shape index (κ2) is 16.3. The Morgan fingerprint density at radius 2 is 1.35 bits per heavy atom. The van der Waals surface area contributed by atoms with Crippen LogP contribution in [0.1, 0.15) is 96.0 Å². The van der Waals surface area contributed by atoms with Crippen molar-refractivity contribution in [3.8, 4) is 5.75 Å². The maximum atomic E-state index is 9.77. The number of rotatable bonds is 10. The summed E-state index contributed by atoms with van der Waals surface area (Å²) in [4.78, 5) is 27.4. The molecule has 0 saturated heterocycles. The fourth-order valence-corrected chi connectivity index (χ4v) is 5.41. The van der Waals surface area contributed by atoms with Gasteiger partial charge in [0.15, 0.2) is 0 Å². The molecule has 2 fully saturated rings. The molecule has 0 atom stereocenters. The van der Waals surface area contributed by atoms with E-state index in [4.69, 9.17) is 23.4 Å². The van der Waals surface area contributed by atoms with Gasteiger partial charge in [-0.2, -0.15) is 0 Å². The fourth-order valence-electron chi connectivity index (χ4n) is 4.07. The summed E-state index contributed by atoms with van der Waals surface area (Å²) in [5, 5.41) is 0. The van der Waals surface area contributed by atoms with Gasteiger partial charge in [0.1, 0.15) is 5.75 Å². The minimum atomic E-state index is -2.31. The summed E-state index contributed by atoms with van der Waals surface area (Å²) in [5.41, 5.74) is 1.04. The summed E-state index contributed by atoms with van der Waals surface area (Å²) < 4.78 is 16.1. The molecule has 0 amide bonds. The van der Waals surface area contributed by atoms with Crippen molar-refractivity contribution in [1.82, 2.24) is 0 Å². The maximum absolute atomic E-state index is 9.77. The lowest BCUT2D eigenvalue weighted by Crippen LogP contribution is -2.18. The molecule has 0 spiro atoms. The molecule has 0 heterocycles. The molecule has 0 bridgehead atoms. The number of unbranched alkanes of at least 4 members (excludes halogenated alkanes) is 2. The molecule has 2 aliphatic rings. The highest BCUT2D eigenvalue weighted by Gasteiger charge is 2.23. The van der Waals surface area contributed by atoms with Crippen molar-refractivity contribution in [3.05, 3.63) is 29.8 Å². The van der Waals surface area contributed by atoms with Gasteiger partial charge in [-0.15, -0.1) is 0 Å². The minimum Gasteiger partial charge on any atom is -0.427 e. The van der Waals surface area contributed by atoms with E-state index in [-0.39, 0.29) is 12.2 Å². The largest absolute Gasteiger partial charge is 0.427 e. The molecule has 8 heteroatoms. The molecule has 3 rings (SSSR count). The lowest BCUT2D eigenvalue weighted by Gasteiger charge is -2.27.